The SMILES string of the molecule is [c]1ccccc1-c1coc(-c2ccccc2)n1. The Morgan fingerprint density at radius 1 is 0.941 bits per heavy atom. The Bertz CT molecular complexity index is 545. The molecule has 1 heterocycles. The average Bonchev–Trinajstić information content (AvgIpc) is 2.90. The highest BCUT2D eigenvalue weighted by Gasteiger charge is 2.07. The van der Waals surface area contributed by atoms with Gasteiger partial charge in [0.05, 0.1) is 0 Å². The molecule has 0 saturated carbocycles. The first-order chi connectivity index (χ1) is 8.43. The van der Waals surface area contributed by atoms with Crippen molar-refractivity contribution in [3.63, 3.8) is 0 Å². The van der Waals surface area contributed by atoms with Gasteiger partial charge in [-0.1, -0.05) is 42.5 Å². The summed E-state index contributed by atoms with van der Waals surface area (Å²) in [6, 6.07) is 20.7. The van der Waals surface area contributed by atoms with Crippen LogP contribution in [0.4, 0.5) is 0 Å². The highest BCUT2D eigenvalue weighted by Crippen LogP contribution is 2.23. The van der Waals surface area contributed by atoms with Crippen molar-refractivity contribution >= 4 is 0 Å². The lowest BCUT2D eigenvalue weighted by Gasteiger charge is -1.93. The summed E-state index contributed by atoms with van der Waals surface area (Å²) in [4.78, 5) is 4.45. The zero-order valence-electron chi connectivity index (χ0n) is 9.13. The number of oxazole rings is 1. The monoisotopic (exact) mass is 220 g/mol. The van der Waals surface area contributed by atoms with Crippen molar-refractivity contribution in [3.8, 4) is 22.7 Å². The summed E-state index contributed by atoms with van der Waals surface area (Å²) in [5.41, 5.74) is 2.73. The van der Waals surface area contributed by atoms with Crippen molar-refractivity contribution in [3.05, 3.63) is 66.9 Å². The smallest absolute Gasteiger partial charge is 0.226 e. The highest BCUT2D eigenvalue weighted by molar-refractivity contribution is 5.61. The highest BCUT2D eigenvalue weighted by atomic mass is 16.3. The molecular weight excluding hydrogens is 210 g/mol. The molecule has 0 aliphatic rings. The molecule has 17 heavy (non-hydrogen) atoms. The molecule has 0 aliphatic carbocycles. The van der Waals surface area contributed by atoms with E-state index in [0.717, 1.165) is 16.8 Å². The van der Waals surface area contributed by atoms with Crippen molar-refractivity contribution in [1.82, 2.24) is 4.98 Å². The van der Waals surface area contributed by atoms with Gasteiger partial charge in [0.25, 0.3) is 0 Å². The summed E-state index contributed by atoms with van der Waals surface area (Å²) >= 11 is 0. The van der Waals surface area contributed by atoms with E-state index in [9.17, 15) is 0 Å². The first-order valence-corrected chi connectivity index (χ1v) is 5.41. The van der Waals surface area contributed by atoms with E-state index in [2.05, 4.69) is 11.1 Å². The number of aromatic nitrogens is 1. The number of benzene rings is 2. The van der Waals surface area contributed by atoms with Gasteiger partial charge in [0.2, 0.25) is 5.89 Å². The van der Waals surface area contributed by atoms with E-state index in [1.54, 1.807) is 6.26 Å². The third-order valence-electron chi connectivity index (χ3n) is 2.51. The van der Waals surface area contributed by atoms with Crippen LogP contribution in [0.25, 0.3) is 22.7 Å². The van der Waals surface area contributed by atoms with Gasteiger partial charge in [0.15, 0.2) is 0 Å². The zero-order chi connectivity index (χ0) is 11.5. The topological polar surface area (TPSA) is 26.0 Å². The van der Waals surface area contributed by atoms with Crippen molar-refractivity contribution in [2.75, 3.05) is 0 Å². The van der Waals surface area contributed by atoms with Crippen LogP contribution in [-0.4, -0.2) is 4.98 Å². The molecule has 2 heteroatoms. The third-order valence-corrected chi connectivity index (χ3v) is 2.51. The minimum absolute atomic E-state index is 0.637. The lowest BCUT2D eigenvalue weighted by molar-refractivity contribution is 0.575. The number of nitrogens with zero attached hydrogens (tertiary/aromatic N) is 1. The predicted molar refractivity (Wildman–Crippen MR) is 66.2 cm³/mol. The molecule has 0 amide bonds. The molecule has 0 aliphatic heterocycles. The molecule has 0 fully saturated rings. The molecule has 0 spiro atoms. The molecule has 3 rings (SSSR count). The second-order valence-corrected chi connectivity index (χ2v) is 3.68. The summed E-state index contributed by atoms with van der Waals surface area (Å²) in [5, 5.41) is 0. The molecule has 3 aromatic rings. The van der Waals surface area contributed by atoms with Crippen LogP contribution < -0.4 is 0 Å². The molecule has 0 bridgehead atoms. The van der Waals surface area contributed by atoms with Crippen molar-refractivity contribution in [2.24, 2.45) is 0 Å². The number of hydrogen-bond donors (Lipinski definition) is 0. The van der Waals surface area contributed by atoms with E-state index < -0.39 is 0 Å². The zero-order valence-corrected chi connectivity index (χ0v) is 9.13. The Hall–Kier alpha value is -2.35. The normalized spacial score (nSPS) is 10.4. The molecule has 0 atom stereocenters. The molecule has 2 aromatic carbocycles. The summed E-state index contributed by atoms with van der Waals surface area (Å²) in [6.07, 6.45) is 1.66. The number of hydrogen-bond acceptors (Lipinski definition) is 2. The largest absolute Gasteiger partial charge is 0.444 e. The van der Waals surface area contributed by atoms with Crippen LogP contribution in [0.1, 0.15) is 0 Å². The van der Waals surface area contributed by atoms with E-state index in [0.29, 0.717) is 5.89 Å². The summed E-state index contributed by atoms with van der Waals surface area (Å²) < 4.78 is 5.47. The number of rotatable bonds is 2. The Balaban J connectivity index is 1.99. The van der Waals surface area contributed by atoms with Gasteiger partial charge >= 0.3 is 0 Å². The molecule has 1 radical (unpaired) electrons. The lowest BCUT2D eigenvalue weighted by Crippen LogP contribution is -1.79. The fourth-order valence-electron chi connectivity index (χ4n) is 1.66. The van der Waals surface area contributed by atoms with E-state index in [1.165, 1.54) is 0 Å². The minimum Gasteiger partial charge on any atom is -0.444 e. The third kappa shape index (κ3) is 1.97. The van der Waals surface area contributed by atoms with Gasteiger partial charge in [-0.3, -0.25) is 0 Å². The van der Waals surface area contributed by atoms with Gasteiger partial charge in [0, 0.05) is 11.1 Å². The average molecular weight is 220 g/mol. The predicted octanol–water partition coefficient (Wildman–Crippen LogP) is 3.81. The van der Waals surface area contributed by atoms with E-state index in [1.807, 2.05) is 54.6 Å². The fraction of sp³-hybridized carbons (Fsp3) is 0. The van der Waals surface area contributed by atoms with Gasteiger partial charge in [0.1, 0.15) is 12.0 Å². The van der Waals surface area contributed by atoms with Crippen LogP contribution in [0.2, 0.25) is 0 Å². The Morgan fingerprint density at radius 3 is 2.53 bits per heavy atom. The summed E-state index contributed by atoms with van der Waals surface area (Å²) in [5.74, 6) is 0.637. The van der Waals surface area contributed by atoms with Gasteiger partial charge in [-0.05, 0) is 18.2 Å². The van der Waals surface area contributed by atoms with Crippen LogP contribution >= 0.6 is 0 Å². The van der Waals surface area contributed by atoms with E-state index in [-0.39, 0.29) is 0 Å². The first kappa shape index (κ1) is 9.85. The standard InChI is InChI=1S/C15H10NO/c1-3-7-12(8-4-1)14-11-17-15(16-14)13-9-5-2-6-10-13/h1-7,9-11H. The van der Waals surface area contributed by atoms with Crippen LogP contribution in [0.5, 0.6) is 0 Å². The molecular formula is C15H10NO. The van der Waals surface area contributed by atoms with Crippen LogP contribution in [-0.2, 0) is 0 Å². The van der Waals surface area contributed by atoms with Gasteiger partial charge in [-0.25, -0.2) is 4.98 Å². The van der Waals surface area contributed by atoms with Crippen molar-refractivity contribution < 1.29 is 4.42 Å². The van der Waals surface area contributed by atoms with Gasteiger partial charge < -0.3 is 4.42 Å². The van der Waals surface area contributed by atoms with Gasteiger partial charge in [-0.2, -0.15) is 0 Å². The second-order valence-electron chi connectivity index (χ2n) is 3.68. The lowest BCUT2D eigenvalue weighted by atomic mass is 10.2. The van der Waals surface area contributed by atoms with E-state index >= 15 is 0 Å². The second kappa shape index (κ2) is 4.26. The summed E-state index contributed by atoms with van der Waals surface area (Å²) in [6.45, 7) is 0. The van der Waals surface area contributed by atoms with Crippen molar-refractivity contribution in [1.29, 1.82) is 0 Å². The minimum atomic E-state index is 0.637. The molecule has 0 N–H and O–H groups in total. The Labute approximate surface area is 99.6 Å². The maximum absolute atomic E-state index is 5.47. The molecule has 0 saturated heterocycles. The van der Waals surface area contributed by atoms with Crippen molar-refractivity contribution in [2.45, 2.75) is 0 Å². The molecule has 2 nitrogen and oxygen atoms in total. The molecule has 81 valence electrons. The molecule has 0 unspecified atom stereocenters. The quantitative estimate of drug-likeness (QED) is 0.656. The first-order valence-electron chi connectivity index (χ1n) is 5.41. The van der Waals surface area contributed by atoms with Crippen LogP contribution in [0, 0.1) is 6.07 Å². The maximum Gasteiger partial charge on any atom is 0.226 e. The van der Waals surface area contributed by atoms with E-state index in [4.69, 9.17) is 4.42 Å². The summed E-state index contributed by atoms with van der Waals surface area (Å²) in [7, 11) is 0. The van der Waals surface area contributed by atoms with Gasteiger partial charge in [-0.15, -0.1) is 0 Å². The molecule has 1 aromatic heterocycles. The Morgan fingerprint density at radius 2 is 1.76 bits per heavy atom. The van der Waals surface area contributed by atoms with Crippen LogP contribution in [0.15, 0.2) is 65.3 Å². The maximum atomic E-state index is 5.47. The van der Waals surface area contributed by atoms with Crippen LogP contribution in [0.3, 0.4) is 0 Å². The fourth-order valence-corrected chi connectivity index (χ4v) is 1.66. The Kier molecular flexibility index (Phi) is 2.47.